The monoisotopic (exact) mass is 449 g/mol. The molecule has 0 aliphatic carbocycles. The molecule has 4 aromatic rings. The van der Waals surface area contributed by atoms with E-state index in [9.17, 15) is 8.42 Å². The van der Waals surface area contributed by atoms with E-state index in [1.165, 1.54) is 6.33 Å². The summed E-state index contributed by atoms with van der Waals surface area (Å²) < 4.78 is 35.8. The number of nitrogens with one attached hydrogen (secondary N) is 1. The number of hydrogen-bond donors (Lipinski definition) is 1. The second kappa shape index (κ2) is 8.43. The number of rotatable bonds is 6. The zero-order valence-corrected chi connectivity index (χ0v) is 19.0. The summed E-state index contributed by atoms with van der Waals surface area (Å²) in [4.78, 5) is 13.0. The van der Waals surface area contributed by atoms with Gasteiger partial charge in [-0.25, -0.2) is 23.4 Å². The molecule has 0 radical (unpaired) electrons. The zero-order valence-electron chi connectivity index (χ0n) is 18.2. The van der Waals surface area contributed by atoms with Crippen molar-refractivity contribution in [3.8, 4) is 17.4 Å². The Hall–Kier alpha value is -3.72. The minimum atomic E-state index is -3.69. The van der Waals surface area contributed by atoms with Crippen molar-refractivity contribution in [2.24, 2.45) is 0 Å². The van der Waals surface area contributed by atoms with Crippen molar-refractivity contribution in [3.63, 3.8) is 0 Å². The highest BCUT2D eigenvalue weighted by Gasteiger charge is 2.17. The first kappa shape index (κ1) is 21.5. The lowest BCUT2D eigenvalue weighted by Crippen LogP contribution is -2.14. The Morgan fingerprint density at radius 1 is 0.906 bits per heavy atom. The molecular weight excluding hydrogens is 426 g/mol. The summed E-state index contributed by atoms with van der Waals surface area (Å²) in [6.45, 7) is 7.60. The van der Waals surface area contributed by atoms with E-state index in [4.69, 9.17) is 4.74 Å². The lowest BCUT2D eigenvalue weighted by Gasteiger charge is -2.12. The van der Waals surface area contributed by atoms with Crippen molar-refractivity contribution in [1.29, 1.82) is 0 Å². The maximum absolute atomic E-state index is 12.7. The minimum absolute atomic E-state index is 0.252. The molecule has 0 spiro atoms. The Kier molecular flexibility index (Phi) is 5.67. The molecule has 0 aliphatic heterocycles. The molecule has 0 saturated carbocycles. The van der Waals surface area contributed by atoms with E-state index >= 15 is 0 Å². The fraction of sp³-hybridized carbons (Fsp3) is 0.174. The Morgan fingerprint density at radius 2 is 1.66 bits per heavy atom. The number of anilines is 1. The van der Waals surface area contributed by atoms with Crippen molar-refractivity contribution < 1.29 is 13.2 Å². The van der Waals surface area contributed by atoms with Crippen LogP contribution in [-0.2, 0) is 10.0 Å². The van der Waals surface area contributed by atoms with E-state index in [1.807, 2.05) is 31.4 Å². The largest absolute Gasteiger partial charge is 0.439 e. The molecule has 0 bridgehead atoms. The fourth-order valence-electron chi connectivity index (χ4n) is 3.27. The lowest BCUT2D eigenvalue weighted by atomic mass is 10.2. The molecule has 164 valence electrons. The van der Waals surface area contributed by atoms with Crippen LogP contribution in [0.5, 0.6) is 11.6 Å². The smallest absolute Gasteiger partial charge is 0.262 e. The van der Waals surface area contributed by atoms with Gasteiger partial charge in [-0.05, 0) is 63.6 Å². The minimum Gasteiger partial charge on any atom is -0.439 e. The maximum atomic E-state index is 12.7. The number of hydrogen-bond acceptors (Lipinski definition) is 6. The molecule has 1 N–H and O–H groups in total. The lowest BCUT2D eigenvalue weighted by molar-refractivity contribution is 0.461. The van der Waals surface area contributed by atoms with Crippen LogP contribution in [0.25, 0.3) is 5.82 Å². The van der Waals surface area contributed by atoms with E-state index in [0.717, 1.165) is 17.0 Å². The molecule has 2 heterocycles. The third kappa shape index (κ3) is 4.47. The molecule has 32 heavy (non-hydrogen) atoms. The zero-order chi connectivity index (χ0) is 22.9. The normalized spacial score (nSPS) is 11.4. The molecule has 0 saturated heterocycles. The molecule has 2 aromatic heterocycles. The summed E-state index contributed by atoms with van der Waals surface area (Å²) in [6.07, 6.45) is 3.12. The van der Waals surface area contributed by atoms with Gasteiger partial charge >= 0.3 is 0 Å². The summed E-state index contributed by atoms with van der Waals surface area (Å²) in [6, 6.07) is 13.6. The van der Waals surface area contributed by atoms with Crippen LogP contribution in [-0.4, -0.2) is 27.9 Å². The highest BCUT2D eigenvalue weighted by molar-refractivity contribution is 7.92. The van der Waals surface area contributed by atoms with Gasteiger partial charge in [0.2, 0.25) is 5.88 Å². The number of ether oxygens (including phenoxy) is 1. The first-order chi connectivity index (χ1) is 15.2. The topological polar surface area (TPSA) is 99.0 Å². The van der Waals surface area contributed by atoms with Gasteiger partial charge < -0.3 is 4.74 Å². The van der Waals surface area contributed by atoms with Gasteiger partial charge in [0, 0.05) is 17.4 Å². The van der Waals surface area contributed by atoms with Crippen LogP contribution in [0.1, 0.15) is 22.5 Å². The van der Waals surface area contributed by atoms with Gasteiger partial charge in [0.05, 0.1) is 10.6 Å². The number of sulfonamides is 1. The second-order valence-electron chi connectivity index (χ2n) is 7.50. The van der Waals surface area contributed by atoms with Crippen molar-refractivity contribution in [2.75, 3.05) is 4.72 Å². The second-order valence-corrected chi connectivity index (χ2v) is 9.15. The van der Waals surface area contributed by atoms with Crippen molar-refractivity contribution in [3.05, 3.63) is 83.7 Å². The summed E-state index contributed by atoms with van der Waals surface area (Å²) in [7, 11) is -3.69. The van der Waals surface area contributed by atoms with Gasteiger partial charge in [-0.3, -0.25) is 9.29 Å². The molecule has 0 unspecified atom stereocenters. The Bertz CT molecular complexity index is 1380. The third-order valence-electron chi connectivity index (χ3n) is 5.08. The first-order valence-electron chi connectivity index (χ1n) is 9.94. The van der Waals surface area contributed by atoms with Crippen LogP contribution in [0, 0.1) is 27.7 Å². The quantitative estimate of drug-likeness (QED) is 0.466. The fourth-order valence-corrected chi connectivity index (χ4v) is 4.56. The van der Waals surface area contributed by atoms with Gasteiger partial charge in [0.15, 0.2) is 0 Å². The van der Waals surface area contributed by atoms with Crippen LogP contribution < -0.4 is 9.46 Å². The SMILES string of the molecule is Cc1ccc(S(=O)(=O)Nc2ccc(Oc3cc(-n4cnc(C)c4C)ncn3)cc2)c(C)c1. The van der Waals surface area contributed by atoms with E-state index in [-0.39, 0.29) is 4.90 Å². The number of aromatic nitrogens is 4. The Labute approximate surface area is 187 Å². The average molecular weight is 450 g/mol. The number of benzene rings is 2. The summed E-state index contributed by atoms with van der Waals surface area (Å²) in [5, 5.41) is 0. The number of nitrogens with zero attached hydrogens (tertiary/aromatic N) is 4. The van der Waals surface area contributed by atoms with Crippen molar-refractivity contribution >= 4 is 15.7 Å². The first-order valence-corrected chi connectivity index (χ1v) is 11.4. The number of imidazole rings is 1. The number of aryl methyl sites for hydroxylation is 3. The molecule has 8 nitrogen and oxygen atoms in total. The standard InChI is InChI=1S/C23H23N5O3S/c1-15-5-10-21(16(2)11-15)32(29,30)27-19-6-8-20(9-7-19)31-23-12-22(24-13-25-23)28-14-26-17(3)18(28)4/h5-14,27H,1-4H3. The van der Waals surface area contributed by atoms with Crippen LogP contribution in [0.15, 0.2) is 66.1 Å². The van der Waals surface area contributed by atoms with E-state index in [2.05, 4.69) is 19.7 Å². The van der Waals surface area contributed by atoms with Crippen molar-refractivity contribution in [1.82, 2.24) is 19.5 Å². The van der Waals surface area contributed by atoms with E-state index in [0.29, 0.717) is 28.7 Å². The van der Waals surface area contributed by atoms with Gasteiger partial charge in [0.25, 0.3) is 10.0 Å². The van der Waals surface area contributed by atoms with E-state index < -0.39 is 10.0 Å². The highest BCUT2D eigenvalue weighted by Crippen LogP contribution is 2.25. The molecule has 0 aliphatic rings. The predicted octanol–water partition coefficient (Wildman–Crippen LogP) is 4.49. The average Bonchev–Trinajstić information content (AvgIpc) is 3.08. The summed E-state index contributed by atoms with van der Waals surface area (Å²) >= 11 is 0. The molecule has 0 atom stereocenters. The summed E-state index contributed by atoms with van der Waals surface area (Å²) in [5.41, 5.74) is 4.04. The summed E-state index contributed by atoms with van der Waals surface area (Å²) in [5.74, 6) is 1.53. The van der Waals surface area contributed by atoms with Gasteiger partial charge in [-0.2, -0.15) is 0 Å². The molecular formula is C23H23N5O3S. The van der Waals surface area contributed by atoms with Crippen molar-refractivity contribution in [2.45, 2.75) is 32.6 Å². The van der Waals surface area contributed by atoms with E-state index in [1.54, 1.807) is 55.7 Å². The van der Waals surface area contributed by atoms with Crippen LogP contribution >= 0.6 is 0 Å². The van der Waals surface area contributed by atoms with Crippen LogP contribution in [0.3, 0.4) is 0 Å². The Balaban J connectivity index is 1.50. The predicted molar refractivity (Wildman–Crippen MR) is 122 cm³/mol. The third-order valence-corrected chi connectivity index (χ3v) is 6.62. The molecule has 9 heteroatoms. The van der Waals surface area contributed by atoms with Crippen LogP contribution in [0.4, 0.5) is 5.69 Å². The molecule has 0 fully saturated rings. The van der Waals surface area contributed by atoms with Gasteiger partial charge in [0.1, 0.15) is 24.2 Å². The van der Waals surface area contributed by atoms with Gasteiger partial charge in [-0.1, -0.05) is 17.7 Å². The van der Waals surface area contributed by atoms with Crippen LogP contribution in [0.2, 0.25) is 0 Å². The van der Waals surface area contributed by atoms with Gasteiger partial charge in [-0.15, -0.1) is 0 Å². The maximum Gasteiger partial charge on any atom is 0.262 e. The molecule has 4 rings (SSSR count). The molecule has 0 amide bonds. The Morgan fingerprint density at radius 3 is 2.31 bits per heavy atom. The highest BCUT2D eigenvalue weighted by atomic mass is 32.2. The molecule has 2 aromatic carbocycles.